The Morgan fingerprint density at radius 3 is 3.00 bits per heavy atom. The molecule has 5 nitrogen and oxygen atoms in total. The van der Waals surface area contributed by atoms with Gasteiger partial charge < -0.3 is 5.73 Å². The third kappa shape index (κ3) is 2.00. The third-order valence-electron chi connectivity index (χ3n) is 2.16. The molecule has 2 N–H and O–H groups in total. The fourth-order valence-corrected chi connectivity index (χ4v) is 2.38. The van der Waals surface area contributed by atoms with E-state index in [4.69, 9.17) is 5.73 Å². The summed E-state index contributed by atoms with van der Waals surface area (Å²) in [5.74, 6) is 0. The van der Waals surface area contributed by atoms with Crippen LogP contribution in [0.5, 0.6) is 0 Å². The standard InChI is InChI=1S/C7H13N5S/c8-4-5-12-7(9-10-11-12)13-6-2-1-3-6/h6H,1-5,8H2. The van der Waals surface area contributed by atoms with Gasteiger partial charge in [-0.1, -0.05) is 18.2 Å². The molecule has 0 aliphatic heterocycles. The number of tetrazole rings is 1. The van der Waals surface area contributed by atoms with Gasteiger partial charge in [0.25, 0.3) is 0 Å². The first kappa shape index (κ1) is 8.96. The second-order valence-corrected chi connectivity index (χ2v) is 4.41. The van der Waals surface area contributed by atoms with Crippen molar-refractivity contribution >= 4 is 11.8 Å². The average molecular weight is 199 g/mol. The SMILES string of the molecule is NCCn1nnnc1SC1CCC1. The van der Waals surface area contributed by atoms with Gasteiger partial charge in [-0.15, -0.1) is 5.10 Å². The van der Waals surface area contributed by atoms with Crippen LogP contribution in [0.4, 0.5) is 0 Å². The highest BCUT2D eigenvalue weighted by atomic mass is 32.2. The molecule has 0 unspecified atom stereocenters. The van der Waals surface area contributed by atoms with Crippen LogP contribution in [0.25, 0.3) is 0 Å². The van der Waals surface area contributed by atoms with Crippen molar-refractivity contribution in [1.29, 1.82) is 0 Å². The number of nitrogens with zero attached hydrogens (tertiary/aromatic N) is 4. The van der Waals surface area contributed by atoms with Crippen LogP contribution in [0.2, 0.25) is 0 Å². The summed E-state index contributed by atoms with van der Waals surface area (Å²) >= 11 is 1.77. The Kier molecular flexibility index (Phi) is 2.80. The molecule has 72 valence electrons. The van der Waals surface area contributed by atoms with Gasteiger partial charge >= 0.3 is 0 Å². The fraction of sp³-hybridized carbons (Fsp3) is 0.857. The van der Waals surface area contributed by atoms with Crippen molar-refractivity contribution in [3.8, 4) is 0 Å². The van der Waals surface area contributed by atoms with Crippen LogP contribution in [0.3, 0.4) is 0 Å². The van der Waals surface area contributed by atoms with Crippen molar-refractivity contribution in [2.75, 3.05) is 6.54 Å². The summed E-state index contributed by atoms with van der Waals surface area (Å²) in [5, 5.41) is 13.1. The Hall–Kier alpha value is -0.620. The fourth-order valence-electron chi connectivity index (χ4n) is 1.18. The van der Waals surface area contributed by atoms with Crippen molar-refractivity contribution in [3.05, 3.63) is 0 Å². The van der Waals surface area contributed by atoms with Gasteiger partial charge in [-0.05, 0) is 23.3 Å². The molecule has 0 amide bonds. The van der Waals surface area contributed by atoms with E-state index in [0.29, 0.717) is 13.1 Å². The Balaban J connectivity index is 1.96. The number of nitrogens with two attached hydrogens (primary N) is 1. The lowest BCUT2D eigenvalue weighted by Gasteiger charge is -2.23. The van der Waals surface area contributed by atoms with E-state index >= 15 is 0 Å². The topological polar surface area (TPSA) is 69.6 Å². The van der Waals surface area contributed by atoms with Crippen molar-refractivity contribution in [3.63, 3.8) is 0 Å². The maximum atomic E-state index is 5.44. The molecule has 1 fully saturated rings. The molecule has 0 radical (unpaired) electrons. The van der Waals surface area contributed by atoms with Crippen LogP contribution in [0, 0.1) is 0 Å². The van der Waals surface area contributed by atoms with E-state index in [2.05, 4.69) is 15.5 Å². The number of aromatic nitrogens is 4. The molecule has 1 saturated carbocycles. The van der Waals surface area contributed by atoms with Crippen LogP contribution in [0.1, 0.15) is 19.3 Å². The minimum absolute atomic E-state index is 0.587. The molecule has 1 aromatic rings. The highest BCUT2D eigenvalue weighted by molar-refractivity contribution is 7.99. The molecule has 6 heteroatoms. The normalized spacial score (nSPS) is 17.3. The summed E-state index contributed by atoms with van der Waals surface area (Å²) in [6.45, 7) is 1.30. The van der Waals surface area contributed by atoms with E-state index < -0.39 is 0 Å². The third-order valence-corrected chi connectivity index (χ3v) is 3.47. The largest absolute Gasteiger partial charge is 0.329 e. The van der Waals surface area contributed by atoms with Gasteiger partial charge in [-0.3, -0.25) is 0 Å². The van der Waals surface area contributed by atoms with Crippen molar-refractivity contribution in [2.24, 2.45) is 5.73 Å². The molecule has 13 heavy (non-hydrogen) atoms. The molecule has 0 atom stereocenters. The van der Waals surface area contributed by atoms with E-state index in [0.717, 1.165) is 10.4 Å². The zero-order valence-electron chi connectivity index (χ0n) is 7.39. The maximum Gasteiger partial charge on any atom is 0.209 e. The van der Waals surface area contributed by atoms with Crippen LogP contribution >= 0.6 is 11.8 Å². The van der Waals surface area contributed by atoms with Gasteiger partial charge in [0, 0.05) is 11.8 Å². The first-order valence-electron chi connectivity index (χ1n) is 4.53. The average Bonchev–Trinajstić information content (AvgIpc) is 2.46. The van der Waals surface area contributed by atoms with Gasteiger partial charge in [0.2, 0.25) is 5.16 Å². The van der Waals surface area contributed by atoms with E-state index in [1.54, 1.807) is 16.4 Å². The lowest BCUT2D eigenvalue weighted by molar-refractivity contribution is 0.513. The van der Waals surface area contributed by atoms with Crippen molar-refractivity contribution in [1.82, 2.24) is 20.2 Å². The predicted molar refractivity (Wildman–Crippen MR) is 50.4 cm³/mol. The van der Waals surface area contributed by atoms with Gasteiger partial charge in [-0.2, -0.15) is 0 Å². The Bertz CT molecular complexity index is 270. The zero-order valence-corrected chi connectivity index (χ0v) is 8.20. The summed E-state index contributed by atoms with van der Waals surface area (Å²) < 4.78 is 1.78. The molecular weight excluding hydrogens is 186 g/mol. The Morgan fingerprint density at radius 1 is 1.54 bits per heavy atom. The van der Waals surface area contributed by atoms with Crippen LogP contribution in [-0.4, -0.2) is 32.0 Å². The van der Waals surface area contributed by atoms with Gasteiger partial charge in [0.1, 0.15) is 0 Å². The van der Waals surface area contributed by atoms with E-state index in [1.807, 2.05) is 0 Å². The van der Waals surface area contributed by atoms with E-state index in [9.17, 15) is 0 Å². The molecule has 0 saturated heterocycles. The Labute approximate surface area is 81.1 Å². The predicted octanol–water partition coefficient (Wildman–Crippen LogP) is 0.276. The maximum absolute atomic E-state index is 5.44. The lowest BCUT2D eigenvalue weighted by Crippen LogP contribution is -2.16. The second-order valence-electron chi connectivity index (χ2n) is 3.14. The van der Waals surface area contributed by atoms with Crippen LogP contribution < -0.4 is 5.73 Å². The molecule has 1 heterocycles. The van der Waals surface area contributed by atoms with Gasteiger partial charge in [0.15, 0.2) is 0 Å². The molecular formula is C7H13N5S. The van der Waals surface area contributed by atoms with Crippen LogP contribution in [0.15, 0.2) is 5.16 Å². The lowest BCUT2D eigenvalue weighted by atomic mass is 10.0. The first-order valence-corrected chi connectivity index (χ1v) is 5.41. The molecule has 2 rings (SSSR count). The first-order chi connectivity index (χ1) is 6.40. The molecule has 1 aliphatic rings. The van der Waals surface area contributed by atoms with Crippen LogP contribution in [-0.2, 0) is 6.54 Å². The van der Waals surface area contributed by atoms with E-state index in [-0.39, 0.29) is 0 Å². The Morgan fingerprint density at radius 2 is 2.38 bits per heavy atom. The number of hydrogen-bond donors (Lipinski definition) is 1. The van der Waals surface area contributed by atoms with Gasteiger partial charge in [0.05, 0.1) is 6.54 Å². The summed E-state index contributed by atoms with van der Waals surface area (Å²) in [6, 6.07) is 0. The monoisotopic (exact) mass is 199 g/mol. The minimum atomic E-state index is 0.587. The second kappa shape index (κ2) is 4.06. The molecule has 0 spiro atoms. The highest BCUT2D eigenvalue weighted by Crippen LogP contribution is 2.34. The minimum Gasteiger partial charge on any atom is -0.329 e. The number of hydrogen-bond acceptors (Lipinski definition) is 5. The summed E-state index contributed by atoms with van der Waals surface area (Å²) in [4.78, 5) is 0. The summed E-state index contributed by atoms with van der Waals surface area (Å²) in [6.07, 6.45) is 3.93. The molecule has 0 bridgehead atoms. The molecule has 0 aromatic carbocycles. The molecule has 1 aliphatic carbocycles. The smallest absolute Gasteiger partial charge is 0.209 e. The zero-order chi connectivity index (χ0) is 9.10. The molecule has 1 aromatic heterocycles. The number of thioether (sulfide) groups is 1. The van der Waals surface area contributed by atoms with Gasteiger partial charge in [-0.25, -0.2) is 4.68 Å². The van der Waals surface area contributed by atoms with Crippen molar-refractivity contribution < 1.29 is 0 Å². The van der Waals surface area contributed by atoms with E-state index in [1.165, 1.54) is 19.3 Å². The highest BCUT2D eigenvalue weighted by Gasteiger charge is 2.21. The number of rotatable bonds is 4. The summed E-state index contributed by atoms with van der Waals surface area (Å²) in [5.41, 5.74) is 5.44. The quantitative estimate of drug-likeness (QED) is 0.754. The summed E-state index contributed by atoms with van der Waals surface area (Å²) in [7, 11) is 0. The van der Waals surface area contributed by atoms with Crippen molar-refractivity contribution in [2.45, 2.75) is 36.2 Å².